The second-order valence-electron chi connectivity index (χ2n) is 5.98. The minimum absolute atomic E-state index is 0.0661. The van der Waals surface area contributed by atoms with Crippen molar-refractivity contribution in [3.8, 4) is 22.9 Å². The predicted molar refractivity (Wildman–Crippen MR) is 95.9 cm³/mol. The summed E-state index contributed by atoms with van der Waals surface area (Å²) in [7, 11) is 0. The van der Waals surface area contributed by atoms with Crippen molar-refractivity contribution < 1.29 is 23.0 Å². The molecule has 0 saturated carbocycles. The van der Waals surface area contributed by atoms with Gasteiger partial charge in [-0.15, -0.1) is 13.2 Å². The monoisotopic (exact) mass is 399 g/mol. The molecule has 0 aliphatic rings. The third-order valence-electron chi connectivity index (χ3n) is 4.31. The first-order valence-electron chi connectivity index (χ1n) is 8.36. The Bertz CT molecular complexity index is 968. The maximum atomic E-state index is 12.6. The van der Waals surface area contributed by atoms with Gasteiger partial charge in [0.1, 0.15) is 11.3 Å². The highest BCUT2D eigenvalue weighted by Crippen LogP contribution is 2.40. The highest BCUT2D eigenvalue weighted by atomic mass is 35.5. The van der Waals surface area contributed by atoms with Crippen molar-refractivity contribution in [2.75, 3.05) is 0 Å². The van der Waals surface area contributed by atoms with Gasteiger partial charge in [-0.1, -0.05) is 37.6 Å². The Morgan fingerprint density at radius 2 is 1.96 bits per heavy atom. The van der Waals surface area contributed by atoms with Crippen molar-refractivity contribution in [2.45, 2.75) is 39.1 Å². The lowest BCUT2D eigenvalue weighted by Gasteiger charge is -2.18. The van der Waals surface area contributed by atoms with Crippen molar-refractivity contribution in [3.63, 3.8) is 0 Å². The number of aromatic hydroxyl groups is 1. The van der Waals surface area contributed by atoms with Gasteiger partial charge in [-0.2, -0.15) is 4.98 Å². The van der Waals surface area contributed by atoms with Crippen LogP contribution in [-0.2, 0) is 0 Å². The summed E-state index contributed by atoms with van der Waals surface area (Å²) in [4.78, 5) is 8.22. The molecule has 27 heavy (non-hydrogen) atoms. The minimum Gasteiger partial charge on any atom is -0.480 e. The topological polar surface area (TPSA) is 60.2 Å². The van der Waals surface area contributed by atoms with Gasteiger partial charge in [0.15, 0.2) is 5.65 Å². The van der Waals surface area contributed by atoms with Crippen LogP contribution < -0.4 is 4.74 Å². The number of pyridine rings is 1. The first-order valence-corrected chi connectivity index (χ1v) is 8.74. The zero-order valence-corrected chi connectivity index (χ0v) is 15.3. The zero-order valence-electron chi connectivity index (χ0n) is 14.6. The number of ether oxygens (including phenoxy) is 1. The fourth-order valence-corrected chi connectivity index (χ4v) is 3.40. The van der Waals surface area contributed by atoms with E-state index in [1.54, 1.807) is 10.6 Å². The number of hydrogen-bond acceptors (Lipinski definition) is 4. The van der Waals surface area contributed by atoms with Gasteiger partial charge in [0.2, 0.25) is 0 Å². The number of fused-ring (bicyclic) bond motifs is 1. The van der Waals surface area contributed by atoms with Crippen LogP contribution in [0, 0.1) is 0 Å². The van der Waals surface area contributed by atoms with E-state index >= 15 is 0 Å². The number of halogens is 4. The smallest absolute Gasteiger partial charge is 0.480 e. The Morgan fingerprint density at radius 1 is 1.26 bits per heavy atom. The molecule has 3 rings (SSSR count). The maximum Gasteiger partial charge on any atom is 0.573 e. The van der Waals surface area contributed by atoms with Crippen LogP contribution in [0.15, 0.2) is 30.5 Å². The van der Waals surface area contributed by atoms with Crippen LogP contribution in [0.3, 0.4) is 0 Å². The Hall–Kier alpha value is -2.48. The number of nitrogens with zero attached hydrogens (tertiary/aromatic N) is 3. The van der Waals surface area contributed by atoms with Gasteiger partial charge in [0.05, 0.1) is 5.02 Å². The number of aromatic nitrogens is 3. The Labute approximate surface area is 158 Å². The van der Waals surface area contributed by atoms with Gasteiger partial charge in [0.25, 0.3) is 6.01 Å². The number of alkyl halides is 3. The number of rotatable bonds is 5. The van der Waals surface area contributed by atoms with Crippen LogP contribution in [0.5, 0.6) is 11.8 Å². The zero-order chi connectivity index (χ0) is 19.8. The predicted octanol–water partition coefficient (Wildman–Crippen LogP) is 5.72. The maximum absolute atomic E-state index is 12.6. The molecule has 1 aromatic carbocycles. The molecule has 9 heteroatoms. The van der Waals surface area contributed by atoms with Crippen molar-refractivity contribution in [1.82, 2.24) is 14.5 Å². The molecule has 0 bridgehead atoms. The molecule has 0 saturated heterocycles. The summed E-state index contributed by atoms with van der Waals surface area (Å²) in [6.45, 7) is 3.93. The largest absolute Gasteiger partial charge is 0.573 e. The van der Waals surface area contributed by atoms with Crippen molar-refractivity contribution >= 4 is 22.8 Å². The van der Waals surface area contributed by atoms with Gasteiger partial charge < -0.3 is 9.84 Å². The molecular weight excluding hydrogens is 383 g/mol. The second kappa shape index (κ2) is 7.26. The minimum atomic E-state index is -4.80. The van der Waals surface area contributed by atoms with E-state index in [1.165, 1.54) is 24.4 Å². The van der Waals surface area contributed by atoms with Crippen LogP contribution in [0.4, 0.5) is 13.2 Å². The molecule has 0 atom stereocenters. The third kappa shape index (κ3) is 3.80. The lowest BCUT2D eigenvalue weighted by molar-refractivity contribution is -0.274. The summed E-state index contributed by atoms with van der Waals surface area (Å²) in [5.41, 5.74) is 1.58. The molecule has 3 aromatic rings. The molecule has 5 nitrogen and oxygen atoms in total. The standard InChI is InChI=1S/C18H17ClF3N3O2/c1-3-11(4-2)25-15-14(13(19)9-23-16(15)24-17(25)26)10-6-5-7-12(8-10)27-18(20,21)22/h5-9,11H,3-4H2,1-2H3,(H,23,24,26). The summed E-state index contributed by atoms with van der Waals surface area (Å²) < 4.78 is 43.3. The molecule has 1 N–H and O–H groups in total. The van der Waals surface area contributed by atoms with Gasteiger partial charge in [-0.3, -0.25) is 4.57 Å². The van der Waals surface area contributed by atoms with E-state index < -0.39 is 6.36 Å². The van der Waals surface area contributed by atoms with E-state index in [0.29, 0.717) is 16.6 Å². The first-order chi connectivity index (χ1) is 12.7. The summed E-state index contributed by atoms with van der Waals surface area (Å²) >= 11 is 6.35. The first kappa shape index (κ1) is 19.3. The Balaban J connectivity index is 2.26. The summed E-state index contributed by atoms with van der Waals surface area (Å²) in [5.74, 6) is -0.362. The molecule has 2 heterocycles. The Morgan fingerprint density at radius 3 is 2.59 bits per heavy atom. The Kier molecular flexibility index (Phi) is 5.19. The van der Waals surface area contributed by atoms with E-state index in [0.717, 1.165) is 12.8 Å². The molecule has 0 spiro atoms. The molecule has 0 aliphatic carbocycles. The van der Waals surface area contributed by atoms with Gasteiger partial charge in [-0.25, -0.2) is 4.98 Å². The fraction of sp³-hybridized carbons (Fsp3) is 0.333. The van der Waals surface area contributed by atoms with Crippen LogP contribution in [-0.4, -0.2) is 26.0 Å². The van der Waals surface area contributed by atoms with Gasteiger partial charge >= 0.3 is 6.36 Å². The summed E-state index contributed by atoms with van der Waals surface area (Å²) in [5, 5.41) is 10.6. The molecule has 0 radical (unpaired) electrons. The molecule has 0 unspecified atom stereocenters. The average Bonchev–Trinajstić information content (AvgIpc) is 2.91. The lowest BCUT2D eigenvalue weighted by atomic mass is 10.0. The fourth-order valence-electron chi connectivity index (χ4n) is 3.15. The van der Waals surface area contributed by atoms with Crippen LogP contribution in [0.2, 0.25) is 5.02 Å². The SMILES string of the molecule is CCC(CC)n1c(O)nc2ncc(Cl)c(-c3cccc(OC(F)(F)F)c3)c21. The molecule has 0 amide bonds. The molecule has 2 aromatic heterocycles. The summed E-state index contributed by atoms with van der Waals surface area (Å²) in [6.07, 6.45) is -2.00. The quantitative estimate of drug-likeness (QED) is 0.596. The molecular formula is C18H17ClF3N3O2. The van der Waals surface area contributed by atoms with E-state index in [1.807, 2.05) is 13.8 Å². The van der Waals surface area contributed by atoms with Gasteiger partial charge in [-0.05, 0) is 30.5 Å². The third-order valence-corrected chi connectivity index (χ3v) is 4.60. The van der Waals surface area contributed by atoms with E-state index in [-0.39, 0.29) is 28.5 Å². The van der Waals surface area contributed by atoms with Crippen molar-refractivity contribution in [3.05, 3.63) is 35.5 Å². The normalized spacial score (nSPS) is 12.1. The van der Waals surface area contributed by atoms with Crippen LogP contribution >= 0.6 is 11.6 Å². The molecule has 0 aliphatic heterocycles. The van der Waals surface area contributed by atoms with Crippen molar-refractivity contribution in [2.24, 2.45) is 0 Å². The highest BCUT2D eigenvalue weighted by Gasteiger charge is 2.31. The highest BCUT2D eigenvalue weighted by molar-refractivity contribution is 6.34. The molecule has 144 valence electrons. The van der Waals surface area contributed by atoms with Crippen molar-refractivity contribution in [1.29, 1.82) is 0 Å². The summed E-state index contributed by atoms with van der Waals surface area (Å²) in [6, 6.07) is 5.23. The number of imidazole rings is 1. The average molecular weight is 400 g/mol. The van der Waals surface area contributed by atoms with E-state index in [2.05, 4.69) is 14.7 Å². The van der Waals surface area contributed by atoms with Gasteiger partial charge in [0, 0.05) is 17.8 Å². The van der Waals surface area contributed by atoms with Crippen LogP contribution in [0.25, 0.3) is 22.3 Å². The number of benzene rings is 1. The second-order valence-corrected chi connectivity index (χ2v) is 6.39. The van der Waals surface area contributed by atoms with Crippen LogP contribution in [0.1, 0.15) is 32.7 Å². The van der Waals surface area contributed by atoms with E-state index in [4.69, 9.17) is 11.6 Å². The van der Waals surface area contributed by atoms with E-state index in [9.17, 15) is 18.3 Å². The molecule has 0 fully saturated rings. The number of hydrogen-bond donors (Lipinski definition) is 1. The lowest BCUT2D eigenvalue weighted by Crippen LogP contribution is -2.17.